The van der Waals surface area contributed by atoms with Crippen LogP contribution in [0.1, 0.15) is 29.4 Å². The van der Waals surface area contributed by atoms with Crippen LogP contribution in [-0.4, -0.2) is 63.2 Å². The molecule has 10 heteroatoms. The summed E-state index contributed by atoms with van der Waals surface area (Å²) < 4.78 is 47.0. The van der Waals surface area contributed by atoms with Crippen LogP contribution in [0.25, 0.3) is 17.3 Å². The Labute approximate surface area is 257 Å². The molecule has 2 aliphatic rings. The van der Waals surface area contributed by atoms with Gasteiger partial charge in [0.1, 0.15) is 17.2 Å². The topological polar surface area (TPSA) is 90.3 Å². The van der Waals surface area contributed by atoms with Gasteiger partial charge in [0.2, 0.25) is 10.0 Å². The second kappa shape index (κ2) is 12.0. The van der Waals surface area contributed by atoms with Crippen molar-refractivity contribution in [2.75, 3.05) is 44.9 Å². The monoisotopic (exact) mass is 613 g/mol. The summed E-state index contributed by atoms with van der Waals surface area (Å²) in [4.78, 5) is 15.5. The van der Waals surface area contributed by atoms with E-state index in [0.717, 1.165) is 28.4 Å². The first kappa shape index (κ1) is 29.7. The average Bonchev–Trinajstić information content (AvgIpc) is 3.48. The Morgan fingerprint density at radius 3 is 2.16 bits per heavy atom. The molecule has 0 N–H and O–H groups in total. The SMILES string of the molecule is CCN1C(=O)/C(=C\c2cc(C)n(-c3ccc(Oc4ccc(OC)cc4)cc3)c2C)c2cc(S(=O)(=O)N3CCOCC3)ccc21. The van der Waals surface area contributed by atoms with Gasteiger partial charge in [-0.2, -0.15) is 4.31 Å². The summed E-state index contributed by atoms with van der Waals surface area (Å²) >= 11 is 0. The first-order valence-electron chi connectivity index (χ1n) is 14.6. The lowest BCUT2D eigenvalue weighted by Crippen LogP contribution is -2.40. The van der Waals surface area contributed by atoms with Gasteiger partial charge in [-0.15, -0.1) is 0 Å². The van der Waals surface area contributed by atoms with Gasteiger partial charge in [-0.05, 0) is 105 Å². The van der Waals surface area contributed by atoms with Crippen LogP contribution in [-0.2, 0) is 19.6 Å². The molecule has 3 heterocycles. The van der Waals surface area contributed by atoms with E-state index in [1.54, 1.807) is 30.2 Å². The van der Waals surface area contributed by atoms with Crippen molar-refractivity contribution in [1.29, 1.82) is 0 Å². The number of ether oxygens (including phenoxy) is 3. The summed E-state index contributed by atoms with van der Waals surface area (Å²) in [6.45, 7) is 7.77. The molecule has 1 amide bonds. The van der Waals surface area contributed by atoms with E-state index >= 15 is 0 Å². The summed E-state index contributed by atoms with van der Waals surface area (Å²) in [7, 11) is -2.09. The molecule has 0 unspecified atom stereocenters. The van der Waals surface area contributed by atoms with E-state index in [2.05, 4.69) is 4.57 Å². The summed E-state index contributed by atoms with van der Waals surface area (Å²) in [6, 6.07) is 22.3. The molecule has 3 aromatic carbocycles. The third-order valence-corrected chi connectivity index (χ3v) is 10.0. The Bertz CT molecular complexity index is 1840. The molecule has 6 rings (SSSR count). The average molecular weight is 614 g/mol. The number of benzene rings is 3. The highest BCUT2D eigenvalue weighted by atomic mass is 32.2. The number of hydrogen-bond donors (Lipinski definition) is 0. The predicted molar refractivity (Wildman–Crippen MR) is 170 cm³/mol. The Morgan fingerprint density at radius 2 is 1.52 bits per heavy atom. The highest BCUT2D eigenvalue weighted by Gasteiger charge is 2.34. The molecule has 0 atom stereocenters. The van der Waals surface area contributed by atoms with Gasteiger partial charge in [0.25, 0.3) is 5.91 Å². The van der Waals surface area contributed by atoms with Gasteiger partial charge in [0, 0.05) is 47.8 Å². The highest BCUT2D eigenvalue weighted by Crippen LogP contribution is 2.40. The number of aryl methyl sites for hydroxylation is 1. The smallest absolute Gasteiger partial charge is 0.258 e. The van der Waals surface area contributed by atoms with Crippen molar-refractivity contribution in [2.45, 2.75) is 25.7 Å². The Hall–Kier alpha value is -4.38. The fourth-order valence-corrected chi connectivity index (χ4v) is 7.25. The summed E-state index contributed by atoms with van der Waals surface area (Å²) in [6.07, 6.45) is 1.88. The number of likely N-dealkylation sites (N-methyl/N-ethyl adjacent to an activating group) is 1. The molecule has 0 saturated carbocycles. The van der Waals surface area contributed by atoms with Crippen LogP contribution in [0.15, 0.2) is 77.7 Å². The second-order valence-corrected chi connectivity index (χ2v) is 12.7. The molecule has 1 saturated heterocycles. The van der Waals surface area contributed by atoms with Gasteiger partial charge in [0.05, 0.1) is 30.9 Å². The minimum atomic E-state index is -3.72. The number of methoxy groups -OCH3 is 1. The van der Waals surface area contributed by atoms with E-state index in [-0.39, 0.29) is 10.8 Å². The predicted octanol–water partition coefficient (Wildman–Crippen LogP) is 5.82. The van der Waals surface area contributed by atoms with Gasteiger partial charge < -0.3 is 23.7 Å². The molecule has 44 heavy (non-hydrogen) atoms. The van der Waals surface area contributed by atoms with E-state index in [0.29, 0.717) is 61.2 Å². The number of anilines is 1. The van der Waals surface area contributed by atoms with E-state index in [4.69, 9.17) is 14.2 Å². The quantitative estimate of drug-likeness (QED) is 0.233. The van der Waals surface area contributed by atoms with Crippen molar-refractivity contribution in [3.63, 3.8) is 0 Å². The van der Waals surface area contributed by atoms with Crippen LogP contribution in [0.2, 0.25) is 0 Å². The van der Waals surface area contributed by atoms with Crippen LogP contribution in [0.3, 0.4) is 0 Å². The molecule has 1 aromatic heterocycles. The zero-order valence-electron chi connectivity index (χ0n) is 25.2. The molecular weight excluding hydrogens is 578 g/mol. The summed E-state index contributed by atoms with van der Waals surface area (Å²) in [5.41, 5.74) is 5.61. The molecule has 0 aliphatic carbocycles. The maximum Gasteiger partial charge on any atom is 0.258 e. The lowest BCUT2D eigenvalue weighted by molar-refractivity contribution is -0.112. The molecular formula is C34H35N3O6S. The number of carbonyl (C=O) groups excluding carboxylic acids is 1. The van der Waals surface area contributed by atoms with Crippen LogP contribution >= 0.6 is 0 Å². The van der Waals surface area contributed by atoms with Gasteiger partial charge in [0.15, 0.2) is 0 Å². The number of fused-ring (bicyclic) bond motifs is 1. The highest BCUT2D eigenvalue weighted by molar-refractivity contribution is 7.89. The number of aromatic nitrogens is 1. The van der Waals surface area contributed by atoms with Gasteiger partial charge in [-0.25, -0.2) is 8.42 Å². The van der Waals surface area contributed by atoms with E-state index < -0.39 is 10.0 Å². The number of nitrogens with zero attached hydrogens (tertiary/aromatic N) is 3. The number of amides is 1. The van der Waals surface area contributed by atoms with Crippen LogP contribution in [0.5, 0.6) is 17.2 Å². The number of hydrogen-bond acceptors (Lipinski definition) is 6. The largest absolute Gasteiger partial charge is 0.497 e. The molecule has 0 radical (unpaired) electrons. The van der Waals surface area contributed by atoms with Gasteiger partial charge >= 0.3 is 0 Å². The normalized spacial score (nSPS) is 16.4. The van der Waals surface area contributed by atoms with Crippen molar-refractivity contribution in [2.24, 2.45) is 0 Å². The zero-order valence-corrected chi connectivity index (χ0v) is 26.1. The first-order chi connectivity index (χ1) is 21.2. The molecule has 228 valence electrons. The van der Waals surface area contributed by atoms with Crippen LogP contribution in [0.4, 0.5) is 5.69 Å². The third kappa shape index (κ3) is 5.40. The Kier molecular flexibility index (Phi) is 8.06. The molecule has 4 aromatic rings. The van der Waals surface area contributed by atoms with Crippen molar-refractivity contribution >= 4 is 33.3 Å². The molecule has 1 fully saturated rings. The lowest BCUT2D eigenvalue weighted by atomic mass is 10.0. The van der Waals surface area contributed by atoms with E-state index in [1.807, 2.05) is 81.4 Å². The van der Waals surface area contributed by atoms with Crippen molar-refractivity contribution in [1.82, 2.24) is 8.87 Å². The third-order valence-electron chi connectivity index (χ3n) is 8.11. The van der Waals surface area contributed by atoms with Crippen LogP contribution < -0.4 is 14.4 Å². The minimum absolute atomic E-state index is 0.145. The van der Waals surface area contributed by atoms with Gasteiger partial charge in [-0.3, -0.25) is 4.79 Å². The van der Waals surface area contributed by atoms with E-state index in [1.165, 1.54) is 4.31 Å². The maximum atomic E-state index is 13.6. The number of sulfonamides is 1. The van der Waals surface area contributed by atoms with Gasteiger partial charge in [-0.1, -0.05) is 0 Å². The maximum absolute atomic E-state index is 13.6. The van der Waals surface area contributed by atoms with Crippen LogP contribution in [0, 0.1) is 13.8 Å². The number of carbonyl (C=O) groups is 1. The molecule has 0 bridgehead atoms. The molecule has 9 nitrogen and oxygen atoms in total. The number of rotatable bonds is 8. The molecule has 0 spiro atoms. The van der Waals surface area contributed by atoms with Crippen molar-refractivity contribution in [3.05, 3.63) is 95.3 Å². The second-order valence-electron chi connectivity index (χ2n) is 10.7. The van der Waals surface area contributed by atoms with Crippen molar-refractivity contribution in [3.8, 4) is 22.9 Å². The first-order valence-corrected chi connectivity index (χ1v) is 16.0. The Balaban J connectivity index is 1.32. The fourth-order valence-electron chi connectivity index (χ4n) is 5.82. The van der Waals surface area contributed by atoms with E-state index in [9.17, 15) is 13.2 Å². The molecule has 2 aliphatic heterocycles. The Morgan fingerprint density at radius 1 is 0.886 bits per heavy atom. The minimum Gasteiger partial charge on any atom is -0.497 e. The summed E-state index contributed by atoms with van der Waals surface area (Å²) in [5.74, 6) is 2.04. The fraction of sp³-hybridized carbons (Fsp3) is 0.265. The zero-order chi connectivity index (χ0) is 31.0. The lowest BCUT2D eigenvalue weighted by Gasteiger charge is -2.26. The standard InChI is InChI=1S/C34H35N3O6S/c1-5-36-33-15-14-30(44(39,40)35-16-18-42-19-17-35)22-31(33)32(34(36)38)21-25-20-23(2)37(24(25)3)26-6-8-28(9-7-26)43-29-12-10-27(41-4)11-13-29/h6-15,20-22H,5,16-19H2,1-4H3/b32-21-. The summed E-state index contributed by atoms with van der Waals surface area (Å²) in [5, 5.41) is 0. The van der Waals surface area contributed by atoms with Crippen molar-refractivity contribution < 1.29 is 27.4 Å². The number of morpholine rings is 1.